The highest BCUT2D eigenvalue weighted by molar-refractivity contribution is 7.99. The largest absolute Gasteiger partial charge is 0.338 e. The molecule has 1 fully saturated rings. The third-order valence-corrected chi connectivity index (χ3v) is 5.49. The lowest BCUT2D eigenvalue weighted by atomic mass is 10.2. The Hall–Kier alpha value is -2.47. The summed E-state index contributed by atoms with van der Waals surface area (Å²) in [5, 5.41) is 5.75. The molecule has 1 saturated heterocycles. The molecule has 3 rings (SSSR count). The summed E-state index contributed by atoms with van der Waals surface area (Å²) in [6, 6.07) is 17.9. The molecule has 6 heteroatoms. The van der Waals surface area contributed by atoms with Crippen molar-refractivity contribution in [2.24, 2.45) is 0 Å². The Balaban J connectivity index is 1.31. The summed E-state index contributed by atoms with van der Waals surface area (Å²) >= 11 is 1.79. The summed E-state index contributed by atoms with van der Waals surface area (Å²) in [6.07, 6.45) is 2.48. The number of thioether (sulfide) groups is 1. The molecule has 27 heavy (non-hydrogen) atoms. The van der Waals surface area contributed by atoms with Crippen molar-refractivity contribution in [1.29, 1.82) is 0 Å². The average molecular weight is 384 g/mol. The van der Waals surface area contributed by atoms with Gasteiger partial charge in [-0.2, -0.15) is 0 Å². The first-order valence-corrected chi connectivity index (χ1v) is 10.3. The Kier molecular flexibility index (Phi) is 7.16. The molecule has 2 aromatic rings. The maximum atomic E-state index is 11.9. The highest BCUT2D eigenvalue weighted by atomic mass is 32.2. The van der Waals surface area contributed by atoms with E-state index in [2.05, 4.69) is 22.8 Å². The first-order chi connectivity index (χ1) is 13.2. The molecule has 2 aromatic carbocycles. The van der Waals surface area contributed by atoms with E-state index in [1.54, 1.807) is 11.8 Å². The van der Waals surface area contributed by atoms with E-state index in [1.165, 1.54) is 4.90 Å². The lowest BCUT2D eigenvalue weighted by molar-refractivity contribution is -0.117. The van der Waals surface area contributed by atoms with Crippen molar-refractivity contribution in [3.8, 4) is 0 Å². The molecule has 1 aliphatic rings. The van der Waals surface area contributed by atoms with E-state index in [0.29, 0.717) is 19.5 Å². The number of benzene rings is 2. The van der Waals surface area contributed by atoms with E-state index < -0.39 is 0 Å². The van der Waals surface area contributed by atoms with Crippen LogP contribution in [0.3, 0.4) is 0 Å². The molecule has 3 amide bonds. The van der Waals surface area contributed by atoms with Crippen molar-refractivity contribution in [1.82, 2.24) is 10.6 Å². The summed E-state index contributed by atoms with van der Waals surface area (Å²) in [5.41, 5.74) is 1.95. The van der Waals surface area contributed by atoms with Crippen molar-refractivity contribution in [3.05, 3.63) is 60.2 Å². The number of amides is 3. The predicted molar refractivity (Wildman–Crippen MR) is 110 cm³/mol. The number of carbonyl (C=O) groups is 2. The number of rotatable bonds is 8. The Bertz CT molecular complexity index is 750. The minimum atomic E-state index is -0.154. The second-order valence-corrected chi connectivity index (χ2v) is 7.61. The third-order valence-electron chi connectivity index (χ3n) is 4.39. The van der Waals surface area contributed by atoms with E-state index >= 15 is 0 Å². The number of hydrogen-bond acceptors (Lipinski definition) is 3. The molecule has 2 N–H and O–H groups in total. The first-order valence-electron chi connectivity index (χ1n) is 9.31. The molecule has 0 radical (unpaired) electrons. The SMILES string of the molecule is O=C(NCCCSc1ccccc1)NCc1ccc(N2CCCC2=O)cc1. The Morgan fingerprint density at radius 1 is 1.04 bits per heavy atom. The van der Waals surface area contributed by atoms with Crippen molar-refractivity contribution < 1.29 is 9.59 Å². The number of urea groups is 1. The lowest BCUT2D eigenvalue weighted by Crippen LogP contribution is -2.35. The molecule has 0 atom stereocenters. The van der Waals surface area contributed by atoms with Gasteiger partial charge in [-0.1, -0.05) is 30.3 Å². The molecular formula is C21H25N3O2S. The van der Waals surface area contributed by atoms with Crippen LogP contribution in [0.1, 0.15) is 24.8 Å². The molecule has 0 spiro atoms. The zero-order valence-corrected chi connectivity index (χ0v) is 16.1. The molecule has 0 aromatic heterocycles. The first kappa shape index (κ1) is 19.3. The van der Waals surface area contributed by atoms with Crippen LogP contribution < -0.4 is 15.5 Å². The van der Waals surface area contributed by atoms with Crippen LogP contribution in [0.25, 0.3) is 0 Å². The fourth-order valence-corrected chi connectivity index (χ4v) is 3.81. The number of carbonyl (C=O) groups excluding carboxylic acids is 2. The number of hydrogen-bond donors (Lipinski definition) is 2. The minimum absolute atomic E-state index is 0.154. The maximum Gasteiger partial charge on any atom is 0.315 e. The van der Waals surface area contributed by atoms with E-state index in [9.17, 15) is 9.59 Å². The molecule has 0 unspecified atom stereocenters. The van der Waals surface area contributed by atoms with Crippen LogP contribution in [0.4, 0.5) is 10.5 Å². The summed E-state index contributed by atoms with van der Waals surface area (Å²) in [7, 11) is 0. The monoisotopic (exact) mass is 383 g/mol. The summed E-state index contributed by atoms with van der Waals surface area (Å²) in [5.74, 6) is 1.16. The lowest BCUT2D eigenvalue weighted by Gasteiger charge is -2.16. The van der Waals surface area contributed by atoms with Gasteiger partial charge in [0.05, 0.1) is 0 Å². The molecule has 0 aliphatic carbocycles. The highest BCUT2D eigenvalue weighted by Gasteiger charge is 2.21. The van der Waals surface area contributed by atoms with Gasteiger partial charge in [0.15, 0.2) is 0 Å². The summed E-state index contributed by atoms with van der Waals surface area (Å²) in [4.78, 5) is 26.7. The molecule has 5 nitrogen and oxygen atoms in total. The summed E-state index contributed by atoms with van der Waals surface area (Å²) in [6.45, 7) is 1.92. The third kappa shape index (κ3) is 6.03. The average Bonchev–Trinajstić information content (AvgIpc) is 3.13. The van der Waals surface area contributed by atoms with Crippen LogP contribution in [-0.2, 0) is 11.3 Å². The molecule has 142 valence electrons. The molecular weight excluding hydrogens is 358 g/mol. The van der Waals surface area contributed by atoms with Gasteiger partial charge >= 0.3 is 6.03 Å². The number of nitrogens with one attached hydrogen (secondary N) is 2. The van der Waals surface area contributed by atoms with Crippen molar-refractivity contribution in [2.75, 3.05) is 23.7 Å². The topological polar surface area (TPSA) is 61.4 Å². The standard InChI is InChI=1S/C21H25N3O2S/c25-20-8-4-14-24(20)18-11-9-17(10-12-18)16-23-21(26)22-13-5-15-27-19-6-2-1-3-7-19/h1-3,6-7,9-12H,4-5,8,13-16H2,(H2,22,23,26). The number of anilines is 1. The van der Waals surface area contributed by atoms with E-state index in [4.69, 9.17) is 0 Å². The fraction of sp³-hybridized carbons (Fsp3) is 0.333. The number of nitrogens with zero attached hydrogens (tertiary/aromatic N) is 1. The minimum Gasteiger partial charge on any atom is -0.338 e. The molecule has 1 aliphatic heterocycles. The quantitative estimate of drug-likeness (QED) is 0.538. The van der Waals surface area contributed by atoms with E-state index in [-0.39, 0.29) is 11.9 Å². The van der Waals surface area contributed by atoms with Crippen LogP contribution in [0.15, 0.2) is 59.5 Å². The van der Waals surface area contributed by atoms with Gasteiger partial charge in [0.1, 0.15) is 0 Å². The van der Waals surface area contributed by atoms with Gasteiger partial charge in [-0.3, -0.25) is 4.79 Å². The van der Waals surface area contributed by atoms with Crippen molar-refractivity contribution >= 4 is 29.4 Å². The normalized spacial score (nSPS) is 13.6. The molecule has 0 bridgehead atoms. The highest BCUT2D eigenvalue weighted by Crippen LogP contribution is 2.21. The zero-order chi connectivity index (χ0) is 18.9. The Morgan fingerprint density at radius 2 is 1.81 bits per heavy atom. The van der Waals surface area contributed by atoms with Gasteiger partial charge < -0.3 is 15.5 Å². The molecule has 1 heterocycles. The van der Waals surface area contributed by atoms with Gasteiger partial charge in [0.2, 0.25) is 5.91 Å². The van der Waals surface area contributed by atoms with E-state index in [0.717, 1.165) is 36.4 Å². The Labute approximate surface area is 164 Å². The zero-order valence-electron chi connectivity index (χ0n) is 15.3. The van der Waals surface area contributed by atoms with Crippen LogP contribution >= 0.6 is 11.8 Å². The van der Waals surface area contributed by atoms with Crippen LogP contribution in [0.2, 0.25) is 0 Å². The van der Waals surface area contributed by atoms with Gasteiger partial charge in [0.25, 0.3) is 0 Å². The molecule has 0 saturated carbocycles. The van der Waals surface area contributed by atoms with Gasteiger partial charge in [0, 0.05) is 36.6 Å². The second kappa shape index (κ2) is 10.0. The van der Waals surface area contributed by atoms with Crippen molar-refractivity contribution in [2.45, 2.75) is 30.7 Å². The smallest absolute Gasteiger partial charge is 0.315 e. The maximum absolute atomic E-state index is 11.9. The predicted octanol–water partition coefficient (Wildman–Crippen LogP) is 3.80. The van der Waals surface area contributed by atoms with Crippen LogP contribution in [0.5, 0.6) is 0 Å². The van der Waals surface area contributed by atoms with E-state index in [1.807, 2.05) is 47.4 Å². The van der Waals surface area contributed by atoms with Gasteiger partial charge in [-0.15, -0.1) is 11.8 Å². The van der Waals surface area contributed by atoms with Crippen LogP contribution in [0, 0.1) is 0 Å². The second-order valence-electron chi connectivity index (χ2n) is 6.44. The fourth-order valence-electron chi connectivity index (χ4n) is 2.94. The van der Waals surface area contributed by atoms with Gasteiger partial charge in [-0.25, -0.2) is 4.79 Å². The summed E-state index contributed by atoms with van der Waals surface area (Å²) < 4.78 is 0. The Morgan fingerprint density at radius 3 is 2.52 bits per heavy atom. The van der Waals surface area contributed by atoms with Crippen molar-refractivity contribution in [3.63, 3.8) is 0 Å². The van der Waals surface area contributed by atoms with Gasteiger partial charge in [-0.05, 0) is 48.4 Å². The van der Waals surface area contributed by atoms with Crippen LogP contribution in [-0.4, -0.2) is 30.8 Å².